The van der Waals surface area contributed by atoms with Gasteiger partial charge in [0.2, 0.25) is 0 Å². The summed E-state index contributed by atoms with van der Waals surface area (Å²) < 4.78 is 36.3. The van der Waals surface area contributed by atoms with E-state index in [1.54, 1.807) is 53.2 Å². The summed E-state index contributed by atoms with van der Waals surface area (Å²) in [4.78, 5) is 12.6. The fraction of sp³-hybridized carbons (Fsp3) is 0.211. The maximum atomic E-state index is 12.9. The summed E-state index contributed by atoms with van der Waals surface area (Å²) in [5.41, 5.74) is 1.93. The van der Waals surface area contributed by atoms with Gasteiger partial charge in [-0.15, -0.1) is 10.2 Å². The number of hydrogen-bond acceptors (Lipinski definition) is 4. The number of alkyl halides is 2. The molecule has 0 radical (unpaired) electrons. The van der Waals surface area contributed by atoms with Gasteiger partial charge in [0.15, 0.2) is 0 Å². The van der Waals surface area contributed by atoms with E-state index in [9.17, 15) is 13.6 Å². The largest absolute Gasteiger partial charge is 0.434 e. The average Bonchev–Trinajstić information content (AvgIpc) is 3.26. The van der Waals surface area contributed by atoms with Crippen LogP contribution in [-0.4, -0.2) is 30.7 Å². The van der Waals surface area contributed by atoms with Crippen molar-refractivity contribution in [2.75, 3.05) is 0 Å². The Balaban J connectivity index is 1.78. The molecular formula is C19H16BrF2N5O2. The molecule has 0 unspecified atom stereocenters. The molecule has 2 aromatic carbocycles. The molecule has 0 saturated carbocycles. The summed E-state index contributed by atoms with van der Waals surface area (Å²) in [6, 6.07) is 10.4. The second-order valence-corrected chi connectivity index (χ2v) is 7.42. The molecule has 2 heterocycles. The highest BCUT2D eigenvalue weighted by Gasteiger charge is 2.16. The van der Waals surface area contributed by atoms with E-state index in [4.69, 9.17) is 4.74 Å². The van der Waals surface area contributed by atoms with E-state index in [-0.39, 0.29) is 17.9 Å². The Morgan fingerprint density at radius 3 is 2.59 bits per heavy atom. The second-order valence-electron chi connectivity index (χ2n) is 6.50. The van der Waals surface area contributed by atoms with E-state index in [1.807, 2.05) is 6.07 Å². The van der Waals surface area contributed by atoms with Crippen LogP contribution in [0.25, 0.3) is 10.9 Å². The summed E-state index contributed by atoms with van der Waals surface area (Å²) in [6.45, 7) is -2.29. The van der Waals surface area contributed by atoms with Crippen LogP contribution in [0.5, 0.6) is 5.75 Å². The third-order valence-corrected chi connectivity index (χ3v) is 5.11. The van der Waals surface area contributed by atoms with Gasteiger partial charge in [-0.1, -0.05) is 22.0 Å². The van der Waals surface area contributed by atoms with Crippen molar-refractivity contribution >= 4 is 26.8 Å². The molecule has 7 nitrogen and oxygen atoms in total. The summed E-state index contributed by atoms with van der Waals surface area (Å²) >= 11 is 3.41. The minimum absolute atomic E-state index is 0.0665. The maximum absolute atomic E-state index is 12.9. The van der Waals surface area contributed by atoms with Crippen LogP contribution >= 0.6 is 15.9 Å². The number of hydrogen-bond donors (Lipinski definition) is 0. The molecule has 0 aliphatic carbocycles. The highest BCUT2D eigenvalue weighted by atomic mass is 79.9. The van der Waals surface area contributed by atoms with E-state index < -0.39 is 6.61 Å². The molecule has 0 atom stereocenters. The van der Waals surface area contributed by atoms with Crippen molar-refractivity contribution in [2.24, 2.45) is 7.05 Å². The normalized spacial score (nSPS) is 11.5. The van der Waals surface area contributed by atoms with E-state index in [2.05, 4.69) is 26.1 Å². The number of aromatic nitrogens is 5. The first-order chi connectivity index (χ1) is 13.9. The van der Waals surface area contributed by atoms with Crippen molar-refractivity contribution in [3.63, 3.8) is 0 Å². The minimum atomic E-state index is -2.95. The molecule has 4 rings (SSSR count). The molecule has 0 aliphatic heterocycles. The van der Waals surface area contributed by atoms with Crippen LogP contribution in [0.3, 0.4) is 0 Å². The van der Waals surface area contributed by atoms with E-state index >= 15 is 0 Å². The molecule has 0 amide bonds. The molecule has 0 saturated heterocycles. The highest BCUT2D eigenvalue weighted by molar-refractivity contribution is 9.10. The van der Waals surface area contributed by atoms with Crippen molar-refractivity contribution in [3.05, 3.63) is 75.0 Å². The average molecular weight is 464 g/mol. The van der Waals surface area contributed by atoms with Crippen LogP contribution in [0.2, 0.25) is 0 Å². The fourth-order valence-corrected chi connectivity index (χ4v) is 3.63. The minimum Gasteiger partial charge on any atom is -0.434 e. The Morgan fingerprint density at radius 1 is 1.10 bits per heavy atom. The monoisotopic (exact) mass is 463 g/mol. The molecule has 0 N–H and O–H groups in total. The summed E-state index contributed by atoms with van der Waals surface area (Å²) in [5.74, 6) is 0.0665. The van der Waals surface area contributed by atoms with E-state index in [0.717, 1.165) is 10.0 Å². The van der Waals surface area contributed by atoms with Crippen LogP contribution in [0, 0.1) is 0 Å². The lowest BCUT2D eigenvalue weighted by molar-refractivity contribution is -0.0505. The Hall–Kier alpha value is -3.01. The molecule has 2 aromatic heterocycles. The lowest BCUT2D eigenvalue weighted by atomic mass is 10.1. The molecule has 10 heteroatoms. The first kappa shape index (κ1) is 19.3. The van der Waals surface area contributed by atoms with E-state index in [1.165, 1.54) is 10.7 Å². The maximum Gasteiger partial charge on any atom is 0.387 e. The quantitative estimate of drug-likeness (QED) is 0.439. The predicted octanol–water partition coefficient (Wildman–Crippen LogP) is 3.39. The van der Waals surface area contributed by atoms with Crippen molar-refractivity contribution in [1.29, 1.82) is 0 Å². The van der Waals surface area contributed by atoms with Gasteiger partial charge >= 0.3 is 6.61 Å². The molecule has 0 spiro atoms. The summed E-state index contributed by atoms with van der Waals surface area (Å²) in [5, 5.41) is 8.08. The lowest BCUT2D eigenvalue weighted by Gasteiger charge is -2.15. The number of nitrogens with zero attached hydrogens (tertiary/aromatic N) is 5. The first-order valence-corrected chi connectivity index (χ1v) is 9.46. The standard InChI is InChI=1S/C19H16BrF2N5O2/c1-25-18(28)15-4-3-14(20)7-16(15)27(25)9-13-6-12(8-26-10-23-24-11-26)2-5-17(13)29-19(21)22/h2-7,10-11,19H,8-9H2,1H3. The zero-order valence-corrected chi connectivity index (χ0v) is 16.9. The van der Waals surface area contributed by atoms with Crippen LogP contribution in [0.1, 0.15) is 11.1 Å². The van der Waals surface area contributed by atoms with Crippen molar-refractivity contribution in [1.82, 2.24) is 24.1 Å². The fourth-order valence-electron chi connectivity index (χ4n) is 3.28. The molecular weight excluding hydrogens is 448 g/mol. The van der Waals surface area contributed by atoms with Gasteiger partial charge in [-0.05, 0) is 35.9 Å². The molecule has 0 aliphatic rings. The first-order valence-electron chi connectivity index (χ1n) is 8.66. The summed E-state index contributed by atoms with van der Waals surface area (Å²) in [7, 11) is 1.64. The predicted molar refractivity (Wildman–Crippen MR) is 106 cm³/mol. The van der Waals surface area contributed by atoms with Crippen molar-refractivity contribution in [3.8, 4) is 5.75 Å². The Kier molecular flexibility index (Phi) is 5.18. The highest BCUT2D eigenvalue weighted by Crippen LogP contribution is 2.26. The van der Waals surface area contributed by atoms with Gasteiger partial charge in [-0.25, -0.2) is 0 Å². The van der Waals surface area contributed by atoms with Gasteiger partial charge in [0.1, 0.15) is 18.4 Å². The smallest absolute Gasteiger partial charge is 0.387 e. The zero-order chi connectivity index (χ0) is 20.5. The Labute approximate surface area is 172 Å². The van der Waals surface area contributed by atoms with Crippen molar-refractivity contribution < 1.29 is 13.5 Å². The SMILES string of the molecule is Cn1c(=O)c2ccc(Br)cc2n1Cc1cc(Cn2cnnc2)ccc1OC(F)F. The molecule has 0 fully saturated rings. The van der Waals surface area contributed by atoms with Gasteiger partial charge in [-0.3, -0.25) is 14.2 Å². The third kappa shape index (κ3) is 3.93. The molecule has 0 bridgehead atoms. The van der Waals surface area contributed by atoms with Crippen LogP contribution in [0.4, 0.5) is 8.78 Å². The second kappa shape index (κ2) is 7.78. The third-order valence-electron chi connectivity index (χ3n) is 4.62. The van der Waals surface area contributed by atoms with Gasteiger partial charge in [0.25, 0.3) is 5.56 Å². The topological polar surface area (TPSA) is 66.9 Å². The molecule has 4 aromatic rings. The molecule has 29 heavy (non-hydrogen) atoms. The van der Waals surface area contributed by atoms with Gasteiger partial charge in [-0.2, -0.15) is 8.78 Å². The number of benzene rings is 2. The van der Waals surface area contributed by atoms with Crippen LogP contribution in [0.15, 0.2) is 58.3 Å². The van der Waals surface area contributed by atoms with Gasteiger partial charge in [0.05, 0.1) is 24.0 Å². The number of rotatable bonds is 6. The zero-order valence-electron chi connectivity index (χ0n) is 15.3. The molecule has 150 valence electrons. The number of ether oxygens (including phenoxy) is 1. The van der Waals surface area contributed by atoms with Gasteiger partial charge < -0.3 is 9.30 Å². The van der Waals surface area contributed by atoms with Gasteiger partial charge in [0, 0.05) is 17.1 Å². The van der Waals surface area contributed by atoms with Crippen molar-refractivity contribution in [2.45, 2.75) is 19.7 Å². The summed E-state index contributed by atoms with van der Waals surface area (Å²) in [6.07, 6.45) is 3.15. The van der Waals surface area contributed by atoms with Crippen LogP contribution in [-0.2, 0) is 20.1 Å². The Bertz CT molecular complexity index is 1220. The van der Waals surface area contributed by atoms with Crippen LogP contribution < -0.4 is 10.3 Å². The number of fused-ring (bicyclic) bond motifs is 1. The van der Waals surface area contributed by atoms with E-state index in [0.29, 0.717) is 23.0 Å². The lowest BCUT2D eigenvalue weighted by Crippen LogP contribution is -2.20. The Morgan fingerprint density at radius 2 is 1.86 bits per heavy atom. The number of halogens is 3.